The van der Waals surface area contributed by atoms with Crippen molar-refractivity contribution in [2.45, 2.75) is 20.1 Å². The molecule has 0 aromatic heterocycles. The third kappa shape index (κ3) is 3.68. The lowest BCUT2D eigenvalue weighted by molar-refractivity contribution is 0.106. The van der Waals surface area contributed by atoms with E-state index in [1.165, 1.54) is 0 Å². The summed E-state index contributed by atoms with van der Waals surface area (Å²) in [5.41, 5.74) is 9.55. The molecule has 2 aromatic carbocycles. The van der Waals surface area contributed by atoms with Crippen LogP contribution in [0, 0.1) is 12.3 Å². The molecule has 3 N–H and O–H groups in total. The van der Waals surface area contributed by atoms with Crippen LogP contribution in [0.4, 0.5) is 0 Å². The van der Waals surface area contributed by atoms with Crippen molar-refractivity contribution in [3.63, 3.8) is 0 Å². The number of hydrogen-bond donors (Lipinski definition) is 2. The highest BCUT2D eigenvalue weighted by Gasteiger charge is 2.04. The zero-order chi connectivity index (χ0) is 14.5. The highest BCUT2D eigenvalue weighted by molar-refractivity contribution is 9.10. The third-order valence-electron chi connectivity index (χ3n) is 3.13. The molecule has 0 aliphatic carbocycles. The van der Waals surface area contributed by atoms with Gasteiger partial charge in [0, 0.05) is 10.0 Å². The zero-order valence-electron chi connectivity index (χ0n) is 11.3. The van der Waals surface area contributed by atoms with E-state index in [2.05, 4.69) is 15.9 Å². The summed E-state index contributed by atoms with van der Waals surface area (Å²) >= 11 is 3.51. The summed E-state index contributed by atoms with van der Waals surface area (Å²) in [6.45, 7) is 3.12. The number of halogens is 1. The van der Waals surface area contributed by atoms with Crippen LogP contribution < -0.4 is 5.73 Å². The second-order valence-corrected chi connectivity index (χ2v) is 5.49. The molecule has 0 aliphatic rings. The molecule has 0 unspecified atom stereocenters. The lowest BCUT2D eigenvalue weighted by Gasteiger charge is -2.10. The lowest BCUT2D eigenvalue weighted by Crippen LogP contribution is -2.11. The Hall–Kier alpha value is -1.65. The largest absolute Gasteiger partial charge is 0.384 e. The third-order valence-corrected chi connectivity index (χ3v) is 3.90. The Labute approximate surface area is 127 Å². The fourth-order valence-corrected chi connectivity index (χ4v) is 2.31. The minimum atomic E-state index is 0.0915. The Morgan fingerprint density at radius 1 is 1.15 bits per heavy atom. The molecular weight excluding hydrogens is 316 g/mol. The zero-order valence-corrected chi connectivity index (χ0v) is 12.9. The number of aryl methyl sites for hydroxylation is 1. The van der Waals surface area contributed by atoms with Gasteiger partial charge in [0.05, 0.1) is 13.2 Å². The molecule has 0 radical (unpaired) electrons. The molecule has 0 fully saturated rings. The first kappa shape index (κ1) is 14.8. The maximum atomic E-state index is 7.42. The molecule has 0 atom stereocenters. The molecule has 0 aliphatic heterocycles. The van der Waals surface area contributed by atoms with Gasteiger partial charge in [0.1, 0.15) is 5.84 Å². The van der Waals surface area contributed by atoms with Crippen molar-refractivity contribution in [2.24, 2.45) is 5.73 Å². The van der Waals surface area contributed by atoms with Gasteiger partial charge in [-0.2, -0.15) is 0 Å². The Morgan fingerprint density at radius 2 is 1.85 bits per heavy atom. The lowest BCUT2D eigenvalue weighted by atomic mass is 10.1. The van der Waals surface area contributed by atoms with Crippen LogP contribution in [0.2, 0.25) is 0 Å². The van der Waals surface area contributed by atoms with E-state index in [1.807, 2.05) is 49.4 Å². The molecule has 2 rings (SSSR count). The number of hydrogen-bond acceptors (Lipinski definition) is 2. The summed E-state index contributed by atoms with van der Waals surface area (Å²) in [6, 6.07) is 13.8. The van der Waals surface area contributed by atoms with Gasteiger partial charge in [0.2, 0.25) is 0 Å². The smallest absolute Gasteiger partial charge is 0.122 e. The molecule has 0 heterocycles. The number of nitrogens with one attached hydrogen (secondary N) is 1. The summed E-state index contributed by atoms with van der Waals surface area (Å²) in [5.74, 6) is 0.0915. The second kappa shape index (κ2) is 6.68. The number of rotatable bonds is 5. The van der Waals surface area contributed by atoms with Crippen molar-refractivity contribution in [3.8, 4) is 0 Å². The normalized spacial score (nSPS) is 10.5. The van der Waals surface area contributed by atoms with Gasteiger partial charge in [-0.05, 0) is 35.7 Å². The minimum absolute atomic E-state index is 0.0915. The Kier molecular flexibility index (Phi) is 4.93. The predicted molar refractivity (Wildman–Crippen MR) is 84.8 cm³/mol. The topological polar surface area (TPSA) is 59.1 Å². The van der Waals surface area contributed by atoms with Gasteiger partial charge in [-0.25, -0.2) is 0 Å². The standard InChI is InChI=1S/C16H17BrN2O/c1-11-8-12(16(18)19)6-7-13(11)9-20-10-14-4-2-3-5-15(14)17/h2-8H,9-10H2,1H3,(H3,18,19). The van der Waals surface area contributed by atoms with Crippen LogP contribution in [0.25, 0.3) is 0 Å². The molecule has 20 heavy (non-hydrogen) atoms. The minimum Gasteiger partial charge on any atom is -0.384 e. The van der Waals surface area contributed by atoms with Crippen LogP contribution in [0.3, 0.4) is 0 Å². The van der Waals surface area contributed by atoms with Gasteiger partial charge in [0.15, 0.2) is 0 Å². The molecule has 0 saturated heterocycles. The van der Waals surface area contributed by atoms with Crippen molar-refractivity contribution in [1.82, 2.24) is 0 Å². The maximum Gasteiger partial charge on any atom is 0.122 e. The van der Waals surface area contributed by atoms with Crippen molar-refractivity contribution < 1.29 is 4.74 Å². The van der Waals surface area contributed by atoms with E-state index in [-0.39, 0.29) is 5.84 Å². The number of nitrogen functional groups attached to an aromatic ring is 1. The molecule has 4 heteroatoms. The first-order chi connectivity index (χ1) is 9.58. The molecule has 0 saturated carbocycles. The molecule has 104 valence electrons. The van der Waals surface area contributed by atoms with E-state index in [1.54, 1.807) is 0 Å². The van der Waals surface area contributed by atoms with Gasteiger partial charge in [-0.1, -0.05) is 46.3 Å². The van der Waals surface area contributed by atoms with Crippen molar-refractivity contribution >= 4 is 21.8 Å². The van der Waals surface area contributed by atoms with E-state index in [0.29, 0.717) is 13.2 Å². The van der Waals surface area contributed by atoms with E-state index >= 15 is 0 Å². The summed E-state index contributed by atoms with van der Waals surface area (Å²) in [4.78, 5) is 0. The quantitative estimate of drug-likeness (QED) is 0.647. The average Bonchev–Trinajstić information content (AvgIpc) is 2.42. The number of amidine groups is 1. The molecule has 0 spiro atoms. The van der Waals surface area contributed by atoms with Gasteiger partial charge in [-0.3, -0.25) is 5.41 Å². The average molecular weight is 333 g/mol. The molecule has 3 nitrogen and oxygen atoms in total. The predicted octanol–water partition coefficient (Wildman–Crippen LogP) is 3.76. The molecule has 0 bridgehead atoms. The van der Waals surface area contributed by atoms with Crippen LogP contribution in [0.1, 0.15) is 22.3 Å². The second-order valence-electron chi connectivity index (χ2n) is 4.64. The van der Waals surface area contributed by atoms with Crippen LogP contribution in [0.15, 0.2) is 46.9 Å². The van der Waals surface area contributed by atoms with E-state index < -0.39 is 0 Å². The van der Waals surface area contributed by atoms with Gasteiger partial charge < -0.3 is 10.5 Å². The van der Waals surface area contributed by atoms with Gasteiger partial charge in [-0.15, -0.1) is 0 Å². The number of benzene rings is 2. The maximum absolute atomic E-state index is 7.42. The fourth-order valence-electron chi connectivity index (χ4n) is 1.91. The summed E-state index contributed by atoms with van der Waals surface area (Å²) in [5, 5.41) is 7.42. The molecule has 2 aromatic rings. The van der Waals surface area contributed by atoms with Crippen LogP contribution >= 0.6 is 15.9 Å². The molecular formula is C16H17BrN2O. The van der Waals surface area contributed by atoms with Crippen LogP contribution in [-0.2, 0) is 18.0 Å². The Bertz CT molecular complexity index is 626. The van der Waals surface area contributed by atoms with E-state index in [4.69, 9.17) is 15.9 Å². The number of ether oxygens (including phenoxy) is 1. The Balaban J connectivity index is 1.98. The van der Waals surface area contributed by atoms with Crippen LogP contribution in [0.5, 0.6) is 0 Å². The van der Waals surface area contributed by atoms with Crippen LogP contribution in [-0.4, -0.2) is 5.84 Å². The SMILES string of the molecule is Cc1cc(C(=N)N)ccc1COCc1ccccc1Br. The highest BCUT2D eigenvalue weighted by atomic mass is 79.9. The number of nitrogens with two attached hydrogens (primary N) is 1. The summed E-state index contributed by atoms with van der Waals surface area (Å²) in [6.07, 6.45) is 0. The van der Waals surface area contributed by atoms with E-state index in [0.717, 1.165) is 26.7 Å². The fraction of sp³-hybridized carbons (Fsp3) is 0.188. The van der Waals surface area contributed by atoms with Crippen molar-refractivity contribution in [3.05, 3.63) is 69.2 Å². The van der Waals surface area contributed by atoms with Gasteiger partial charge in [0.25, 0.3) is 0 Å². The first-order valence-electron chi connectivity index (χ1n) is 6.33. The summed E-state index contributed by atoms with van der Waals surface area (Å²) < 4.78 is 6.81. The summed E-state index contributed by atoms with van der Waals surface area (Å²) in [7, 11) is 0. The Morgan fingerprint density at radius 3 is 2.50 bits per heavy atom. The van der Waals surface area contributed by atoms with E-state index in [9.17, 15) is 0 Å². The van der Waals surface area contributed by atoms with Gasteiger partial charge >= 0.3 is 0 Å². The van der Waals surface area contributed by atoms with Crippen molar-refractivity contribution in [1.29, 1.82) is 5.41 Å². The monoisotopic (exact) mass is 332 g/mol. The highest BCUT2D eigenvalue weighted by Crippen LogP contribution is 2.18. The first-order valence-corrected chi connectivity index (χ1v) is 7.12. The van der Waals surface area contributed by atoms with Crippen molar-refractivity contribution in [2.75, 3.05) is 0 Å². The molecule has 0 amide bonds.